The van der Waals surface area contributed by atoms with Crippen LogP contribution in [0.2, 0.25) is 0 Å². The standard InChI is InChI=1S/C18H23N3O4/c22-13-20-7-9-21(10-8-20)18(24)15-5-3-14(4-6-15)17(23)19-12-16-2-1-11-25-16/h3-6,13,16H,1-2,7-12H2,(H,19,23). The predicted molar refractivity (Wildman–Crippen MR) is 91.3 cm³/mol. The van der Waals surface area contributed by atoms with Crippen molar-refractivity contribution in [1.82, 2.24) is 15.1 Å². The molecule has 25 heavy (non-hydrogen) atoms. The third kappa shape index (κ3) is 4.36. The highest BCUT2D eigenvalue weighted by molar-refractivity contribution is 5.97. The minimum Gasteiger partial charge on any atom is -0.376 e. The first-order valence-corrected chi connectivity index (χ1v) is 8.66. The van der Waals surface area contributed by atoms with Crippen LogP contribution in [0.3, 0.4) is 0 Å². The number of amides is 3. The zero-order valence-electron chi connectivity index (χ0n) is 14.1. The van der Waals surface area contributed by atoms with E-state index >= 15 is 0 Å². The first kappa shape index (κ1) is 17.4. The van der Waals surface area contributed by atoms with Crippen molar-refractivity contribution < 1.29 is 19.1 Å². The Labute approximate surface area is 146 Å². The summed E-state index contributed by atoms with van der Waals surface area (Å²) in [6.45, 7) is 3.44. The average molecular weight is 345 g/mol. The zero-order chi connectivity index (χ0) is 17.6. The summed E-state index contributed by atoms with van der Waals surface area (Å²) in [4.78, 5) is 38.7. The van der Waals surface area contributed by atoms with Crippen LogP contribution >= 0.6 is 0 Å². The predicted octanol–water partition coefficient (Wildman–Crippen LogP) is 0.510. The zero-order valence-corrected chi connectivity index (χ0v) is 14.1. The summed E-state index contributed by atoms with van der Waals surface area (Å²) >= 11 is 0. The third-order valence-corrected chi connectivity index (χ3v) is 4.66. The molecule has 1 aromatic rings. The highest BCUT2D eigenvalue weighted by Gasteiger charge is 2.21. The number of carbonyl (C=O) groups is 3. The van der Waals surface area contributed by atoms with E-state index in [0.717, 1.165) is 25.9 Å². The molecule has 3 amide bonds. The summed E-state index contributed by atoms with van der Waals surface area (Å²) < 4.78 is 5.48. The van der Waals surface area contributed by atoms with Gasteiger partial charge in [0.15, 0.2) is 0 Å². The van der Waals surface area contributed by atoms with Gasteiger partial charge in [0.25, 0.3) is 11.8 Å². The van der Waals surface area contributed by atoms with Crippen LogP contribution in [0, 0.1) is 0 Å². The van der Waals surface area contributed by atoms with Crippen LogP contribution in [0.1, 0.15) is 33.6 Å². The highest BCUT2D eigenvalue weighted by Crippen LogP contribution is 2.12. The first-order chi connectivity index (χ1) is 12.2. The molecule has 0 radical (unpaired) electrons. The Morgan fingerprint density at radius 3 is 2.40 bits per heavy atom. The maximum atomic E-state index is 12.5. The van der Waals surface area contributed by atoms with Gasteiger partial charge in [-0.15, -0.1) is 0 Å². The van der Waals surface area contributed by atoms with Crippen molar-refractivity contribution in [1.29, 1.82) is 0 Å². The quantitative estimate of drug-likeness (QED) is 0.789. The van der Waals surface area contributed by atoms with E-state index in [-0.39, 0.29) is 17.9 Å². The van der Waals surface area contributed by atoms with Gasteiger partial charge < -0.3 is 19.9 Å². The van der Waals surface area contributed by atoms with Crippen molar-refractivity contribution in [2.45, 2.75) is 18.9 Å². The Balaban J connectivity index is 1.53. The van der Waals surface area contributed by atoms with E-state index < -0.39 is 0 Å². The number of benzene rings is 1. The van der Waals surface area contributed by atoms with E-state index in [1.807, 2.05) is 0 Å². The fourth-order valence-corrected chi connectivity index (χ4v) is 3.09. The Kier molecular flexibility index (Phi) is 5.65. The molecule has 7 nitrogen and oxygen atoms in total. The number of nitrogens with one attached hydrogen (secondary N) is 1. The maximum Gasteiger partial charge on any atom is 0.253 e. The van der Waals surface area contributed by atoms with Crippen molar-refractivity contribution in [3.8, 4) is 0 Å². The smallest absolute Gasteiger partial charge is 0.253 e. The van der Waals surface area contributed by atoms with E-state index in [9.17, 15) is 14.4 Å². The molecule has 2 fully saturated rings. The van der Waals surface area contributed by atoms with Crippen LogP contribution in [0.15, 0.2) is 24.3 Å². The number of hydrogen-bond donors (Lipinski definition) is 1. The van der Waals surface area contributed by atoms with Crippen molar-refractivity contribution in [3.63, 3.8) is 0 Å². The summed E-state index contributed by atoms with van der Waals surface area (Å²) in [6.07, 6.45) is 2.94. The van der Waals surface area contributed by atoms with E-state index in [1.165, 1.54) is 0 Å². The van der Waals surface area contributed by atoms with Crippen LogP contribution < -0.4 is 5.32 Å². The van der Waals surface area contributed by atoms with Crippen LogP contribution in [-0.4, -0.2) is 73.5 Å². The number of piperazine rings is 1. The van der Waals surface area contributed by atoms with Crippen molar-refractivity contribution >= 4 is 18.2 Å². The average Bonchev–Trinajstić information content (AvgIpc) is 3.19. The number of nitrogens with zero attached hydrogens (tertiary/aromatic N) is 2. The summed E-state index contributed by atoms with van der Waals surface area (Å²) in [5.41, 5.74) is 1.08. The second-order valence-electron chi connectivity index (χ2n) is 6.36. The number of rotatable bonds is 5. The van der Waals surface area contributed by atoms with Gasteiger partial charge in [-0.2, -0.15) is 0 Å². The van der Waals surface area contributed by atoms with Gasteiger partial charge in [0, 0.05) is 50.5 Å². The van der Waals surface area contributed by atoms with Crippen LogP contribution in [0.4, 0.5) is 0 Å². The molecule has 0 bridgehead atoms. The van der Waals surface area contributed by atoms with Gasteiger partial charge in [-0.1, -0.05) is 0 Å². The first-order valence-electron chi connectivity index (χ1n) is 8.66. The maximum absolute atomic E-state index is 12.5. The summed E-state index contributed by atoms with van der Waals surface area (Å²) in [5, 5.41) is 2.87. The topological polar surface area (TPSA) is 79.0 Å². The molecule has 1 N–H and O–H groups in total. The van der Waals surface area contributed by atoms with Gasteiger partial charge in [-0.3, -0.25) is 14.4 Å². The molecule has 0 saturated carbocycles. The van der Waals surface area contributed by atoms with E-state index in [0.29, 0.717) is 43.9 Å². The van der Waals surface area contributed by atoms with E-state index in [2.05, 4.69) is 5.32 Å². The Bertz CT molecular complexity index is 618. The molecule has 0 spiro atoms. The molecule has 1 unspecified atom stereocenters. The molecule has 2 aliphatic heterocycles. The molecule has 1 atom stereocenters. The second-order valence-corrected chi connectivity index (χ2v) is 6.36. The van der Waals surface area contributed by atoms with E-state index in [1.54, 1.807) is 34.1 Å². The van der Waals surface area contributed by atoms with Gasteiger partial charge in [-0.25, -0.2) is 0 Å². The monoisotopic (exact) mass is 345 g/mol. The molecule has 0 aliphatic carbocycles. The molecule has 1 aromatic carbocycles. The molecule has 2 heterocycles. The minimum atomic E-state index is -0.158. The fraction of sp³-hybridized carbons (Fsp3) is 0.500. The third-order valence-electron chi connectivity index (χ3n) is 4.66. The van der Waals surface area contributed by atoms with E-state index in [4.69, 9.17) is 4.74 Å². The van der Waals surface area contributed by atoms with Crippen molar-refractivity contribution in [3.05, 3.63) is 35.4 Å². The normalized spacial score (nSPS) is 20.4. The molecule has 3 rings (SSSR count). The highest BCUT2D eigenvalue weighted by atomic mass is 16.5. The number of hydrogen-bond acceptors (Lipinski definition) is 4. The number of ether oxygens (including phenoxy) is 1. The summed E-state index contributed by atoms with van der Waals surface area (Å²) in [6, 6.07) is 6.68. The molecular formula is C18H23N3O4. The van der Waals surface area contributed by atoms with Crippen LogP contribution in [0.5, 0.6) is 0 Å². The molecule has 0 aromatic heterocycles. The summed E-state index contributed by atoms with van der Waals surface area (Å²) in [7, 11) is 0. The largest absolute Gasteiger partial charge is 0.376 e. The molecule has 2 saturated heterocycles. The molecule has 7 heteroatoms. The van der Waals surface area contributed by atoms with Gasteiger partial charge in [0.2, 0.25) is 6.41 Å². The lowest BCUT2D eigenvalue weighted by Crippen LogP contribution is -2.48. The Morgan fingerprint density at radius 2 is 1.80 bits per heavy atom. The Hall–Kier alpha value is -2.41. The van der Waals surface area contributed by atoms with Gasteiger partial charge in [0.05, 0.1) is 6.10 Å². The molecular weight excluding hydrogens is 322 g/mol. The van der Waals surface area contributed by atoms with Crippen molar-refractivity contribution in [2.24, 2.45) is 0 Å². The van der Waals surface area contributed by atoms with Crippen LogP contribution in [-0.2, 0) is 9.53 Å². The second kappa shape index (κ2) is 8.11. The lowest BCUT2D eigenvalue weighted by Gasteiger charge is -2.32. The lowest BCUT2D eigenvalue weighted by molar-refractivity contribution is -0.119. The SMILES string of the molecule is O=CN1CCN(C(=O)c2ccc(C(=O)NCC3CCCO3)cc2)CC1. The van der Waals surface area contributed by atoms with Crippen LogP contribution in [0.25, 0.3) is 0 Å². The fourth-order valence-electron chi connectivity index (χ4n) is 3.09. The molecule has 134 valence electrons. The van der Waals surface area contributed by atoms with Gasteiger partial charge >= 0.3 is 0 Å². The lowest BCUT2D eigenvalue weighted by atomic mass is 10.1. The van der Waals surface area contributed by atoms with Crippen molar-refractivity contribution in [2.75, 3.05) is 39.3 Å². The summed E-state index contributed by atoms with van der Waals surface area (Å²) in [5.74, 6) is -0.231. The molecule has 2 aliphatic rings. The van der Waals surface area contributed by atoms with Gasteiger partial charge in [-0.05, 0) is 37.1 Å². The number of carbonyl (C=O) groups excluding carboxylic acids is 3. The Morgan fingerprint density at radius 1 is 1.12 bits per heavy atom. The van der Waals surface area contributed by atoms with Gasteiger partial charge in [0.1, 0.15) is 0 Å². The minimum absolute atomic E-state index is 0.0723.